The second-order valence-corrected chi connectivity index (χ2v) is 9.76. The zero-order valence-electron chi connectivity index (χ0n) is 20.4. The van der Waals surface area contributed by atoms with Crippen LogP contribution < -0.4 is 21.1 Å². The van der Waals surface area contributed by atoms with Gasteiger partial charge in [0.25, 0.3) is 5.91 Å². The normalized spacial score (nSPS) is 17.7. The number of rotatable bonds is 8. The molecule has 1 saturated heterocycles. The van der Waals surface area contributed by atoms with E-state index in [4.69, 9.17) is 10.5 Å². The Kier molecular flexibility index (Phi) is 7.12. The quantitative estimate of drug-likeness (QED) is 0.522. The number of nitrogens with two attached hydrogens (primary N) is 1. The topological polar surface area (TPSA) is 96.7 Å². The number of nitrogens with zero attached hydrogens (tertiary/aromatic N) is 1. The Labute approximate surface area is 202 Å². The van der Waals surface area contributed by atoms with E-state index in [0.717, 1.165) is 61.2 Å². The van der Waals surface area contributed by atoms with Crippen LogP contribution in [-0.2, 0) is 15.1 Å². The lowest BCUT2D eigenvalue weighted by molar-refractivity contribution is -0.125. The van der Waals surface area contributed by atoms with Crippen molar-refractivity contribution in [2.45, 2.75) is 58.0 Å². The van der Waals surface area contributed by atoms with E-state index in [2.05, 4.69) is 27.7 Å². The summed E-state index contributed by atoms with van der Waals surface area (Å²) in [5.41, 5.74) is 10.7. The van der Waals surface area contributed by atoms with Gasteiger partial charge < -0.3 is 21.1 Å². The van der Waals surface area contributed by atoms with Crippen molar-refractivity contribution >= 4 is 17.5 Å². The van der Waals surface area contributed by atoms with E-state index in [0.29, 0.717) is 12.3 Å². The van der Waals surface area contributed by atoms with Crippen LogP contribution in [0.4, 0.5) is 5.69 Å². The number of anilines is 1. The molecule has 0 aromatic heterocycles. The van der Waals surface area contributed by atoms with Gasteiger partial charge in [-0.25, -0.2) is 0 Å². The lowest BCUT2D eigenvalue weighted by Crippen LogP contribution is -2.49. The zero-order chi connectivity index (χ0) is 24.3. The third-order valence-corrected chi connectivity index (χ3v) is 7.24. The van der Waals surface area contributed by atoms with Crippen molar-refractivity contribution in [1.29, 1.82) is 0 Å². The van der Waals surface area contributed by atoms with Crippen molar-refractivity contribution in [2.24, 2.45) is 0 Å². The van der Waals surface area contributed by atoms with Gasteiger partial charge in [0.15, 0.2) is 6.61 Å². The lowest BCUT2D eigenvalue weighted by atomic mass is 10.0. The SMILES string of the molecule is Cc1cc(OCC(=O)NC2CCN(CC(=O)NC3(c4ccccc4)CC3)CC2)c(C)c(C)c1N. The highest BCUT2D eigenvalue weighted by molar-refractivity contribution is 5.80. The minimum absolute atomic E-state index is 0.0200. The monoisotopic (exact) mass is 464 g/mol. The van der Waals surface area contributed by atoms with E-state index < -0.39 is 0 Å². The van der Waals surface area contributed by atoms with Gasteiger partial charge in [-0.05, 0) is 74.8 Å². The maximum absolute atomic E-state index is 12.7. The second-order valence-electron chi connectivity index (χ2n) is 9.76. The molecule has 0 bridgehead atoms. The van der Waals surface area contributed by atoms with Crippen LogP contribution in [0.15, 0.2) is 36.4 Å². The minimum Gasteiger partial charge on any atom is -0.483 e. The number of piperidine rings is 1. The van der Waals surface area contributed by atoms with Crippen LogP contribution in [0.25, 0.3) is 0 Å². The Morgan fingerprint density at radius 1 is 1.06 bits per heavy atom. The molecule has 2 aromatic rings. The molecule has 34 heavy (non-hydrogen) atoms. The van der Waals surface area contributed by atoms with Crippen LogP contribution in [0, 0.1) is 20.8 Å². The molecule has 0 spiro atoms. The molecule has 1 aliphatic carbocycles. The van der Waals surface area contributed by atoms with E-state index in [1.54, 1.807) is 0 Å². The van der Waals surface area contributed by atoms with E-state index in [9.17, 15) is 9.59 Å². The maximum atomic E-state index is 12.7. The fourth-order valence-electron chi connectivity index (χ4n) is 4.74. The van der Waals surface area contributed by atoms with Gasteiger partial charge in [0.2, 0.25) is 5.91 Å². The third-order valence-electron chi connectivity index (χ3n) is 7.24. The molecule has 1 aliphatic heterocycles. The number of carbonyl (C=O) groups is 2. The van der Waals surface area contributed by atoms with Crippen molar-refractivity contribution in [3.8, 4) is 5.75 Å². The van der Waals surface area contributed by atoms with Crippen molar-refractivity contribution < 1.29 is 14.3 Å². The summed E-state index contributed by atoms with van der Waals surface area (Å²) >= 11 is 0. The molecule has 7 heteroatoms. The summed E-state index contributed by atoms with van der Waals surface area (Å²) in [7, 11) is 0. The Hall–Kier alpha value is -3.06. The van der Waals surface area contributed by atoms with Gasteiger partial charge in [-0.2, -0.15) is 0 Å². The summed E-state index contributed by atoms with van der Waals surface area (Å²) in [6, 6.07) is 12.2. The molecule has 1 heterocycles. The van der Waals surface area contributed by atoms with Crippen molar-refractivity contribution in [1.82, 2.24) is 15.5 Å². The standard InChI is InChI=1S/C27H36N4O3/c1-18-15-23(19(2)20(3)26(18)28)34-17-25(33)29-22-9-13-31(14-10-22)16-24(32)30-27(11-12-27)21-7-5-4-6-8-21/h4-8,15,22H,9-14,16-17,28H2,1-3H3,(H,29,33)(H,30,32). The van der Waals surface area contributed by atoms with Gasteiger partial charge in [-0.15, -0.1) is 0 Å². The highest BCUT2D eigenvalue weighted by Crippen LogP contribution is 2.45. The van der Waals surface area contributed by atoms with Gasteiger partial charge in [0.1, 0.15) is 5.75 Å². The van der Waals surface area contributed by atoms with Gasteiger partial charge in [-0.3, -0.25) is 14.5 Å². The molecule has 7 nitrogen and oxygen atoms in total. The molecular formula is C27H36N4O3. The number of nitrogens with one attached hydrogen (secondary N) is 2. The van der Waals surface area contributed by atoms with Crippen LogP contribution in [-0.4, -0.2) is 49.0 Å². The number of amides is 2. The predicted octanol–water partition coefficient (Wildman–Crippen LogP) is 2.96. The average molecular weight is 465 g/mol. The van der Waals surface area contributed by atoms with Gasteiger partial charge in [0.05, 0.1) is 12.1 Å². The molecule has 2 aromatic carbocycles. The molecule has 0 atom stereocenters. The number of aryl methyl sites for hydroxylation is 1. The van der Waals surface area contributed by atoms with Crippen LogP contribution in [0.2, 0.25) is 0 Å². The smallest absolute Gasteiger partial charge is 0.258 e. The average Bonchev–Trinajstić information content (AvgIpc) is 3.61. The first-order valence-corrected chi connectivity index (χ1v) is 12.1. The molecule has 0 radical (unpaired) electrons. The Morgan fingerprint density at radius 3 is 2.38 bits per heavy atom. The Balaban J connectivity index is 1.19. The van der Waals surface area contributed by atoms with Crippen molar-refractivity contribution in [3.05, 3.63) is 58.7 Å². The highest BCUT2D eigenvalue weighted by atomic mass is 16.5. The summed E-state index contributed by atoms with van der Waals surface area (Å²) in [6.07, 6.45) is 3.63. The van der Waals surface area contributed by atoms with Gasteiger partial charge in [-0.1, -0.05) is 30.3 Å². The highest BCUT2D eigenvalue weighted by Gasteiger charge is 2.45. The predicted molar refractivity (Wildman–Crippen MR) is 134 cm³/mol. The summed E-state index contributed by atoms with van der Waals surface area (Å²) in [5.74, 6) is 0.645. The van der Waals surface area contributed by atoms with E-state index in [-0.39, 0.29) is 30.0 Å². The van der Waals surface area contributed by atoms with Gasteiger partial charge >= 0.3 is 0 Å². The van der Waals surface area contributed by atoms with Gasteiger partial charge in [0, 0.05) is 24.8 Å². The third kappa shape index (κ3) is 5.53. The van der Waals surface area contributed by atoms with Crippen molar-refractivity contribution in [3.63, 3.8) is 0 Å². The molecular weight excluding hydrogens is 428 g/mol. The van der Waals surface area contributed by atoms with E-state index >= 15 is 0 Å². The molecule has 2 fully saturated rings. The first-order chi connectivity index (χ1) is 16.3. The molecule has 1 saturated carbocycles. The second kappa shape index (κ2) is 10.1. The largest absolute Gasteiger partial charge is 0.483 e. The fraction of sp³-hybridized carbons (Fsp3) is 0.481. The number of hydrogen-bond acceptors (Lipinski definition) is 5. The fourth-order valence-corrected chi connectivity index (χ4v) is 4.74. The number of likely N-dealkylation sites (tertiary alicyclic amines) is 1. The molecule has 4 rings (SSSR count). The molecule has 0 unspecified atom stereocenters. The molecule has 2 amide bonds. The Morgan fingerprint density at radius 2 is 1.74 bits per heavy atom. The number of hydrogen-bond donors (Lipinski definition) is 3. The maximum Gasteiger partial charge on any atom is 0.258 e. The summed E-state index contributed by atoms with van der Waals surface area (Å²) in [4.78, 5) is 27.3. The van der Waals surface area contributed by atoms with Crippen LogP contribution in [0.5, 0.6) is 5.75 Å². The minimum atomic E-state index is -0.176. The van der Waals surface area contributed by atoms with E-state index in [1.807, 2.05) is 45.0 Å². The van der Waals surface area contributed by atoms with E-state index in [1.165, 1.54) is 5.56 Å². The zero-order valence-corrected chi connectivity index (χ0v) is 20.4. The summed E-state index contributed by atoms with van der Waals surface area (Å²) < 4.78 is 5.79. The summed E-state index contributed by atoms with van der Waals surface area (Å²) in [5, 5.41) is 6.32. The van der Waals surface area contributed by atoms with Crippen molar-refractivity contribution in [2.75, 3.05) is 32.0 Å². The van der Waals surface area contributed by atoms with Crippen LogP contribution in [0.1, 0.15) is 47.9 Å². The Bertz CT molecular complexity index is 1040. The lowest BCUT2D eigenvalue weighted by Gasteiger charge is -2.32. The molecule has 2 aliphatic rings. The van der Waals surface area contributed by atoms with Crippen LogP contribution >= 0.6 is 0 Å². The number of nitrogen functional groups attached to an aromatic ring is 1. The first kappa shape index (κ1) is 24.1. The number of carbonyl (C=O) groups excluding carboxylic acids is 2. The molecule has 4 N–H and O–H groups in total. The van der Waals surface area contributed by atoms with Crippen LogP contribution in [0.3, 0.4) is 0 Å². The summed E-state index contributed by atoms with van der Waals surface area (Å²) in [6.45, 7) is 7.80. The molecule has 182 valence electrons. The number of benzene rings is 2. The number of ether oxygens (including phenoxy) is 1. The first-order valence-electron chi connectivity index (χ1n) is 12.1.